The van der Waals surface area contributed by atoms with Gasteiger partial charge in [0.15, 0.2) is 17.5 Å². The Balaban J connectivity index is 1.58. The normalized spacial score (nSPS) is 11.7. The monoisotopic (exact) mass is 471 g/mol. The number of nitrogens with one attached hydrogen (secondary N) is 1. The van der Waals surface area contributed by atoms with Crippen molar-refractivity contribution in [2.75, 3.05) is 11.9 Å². The average Bonchev–Trinajstić information content (AvgIpc) is 3.22. The number of ketones is 1. The number of rotatable bonds is 8. The molecule has 1 N–H and O–H groups in total. The topological polar surface area (TPSA) is 72.2 Å². The molecule has 34 heavy (non-hydrogen) atoms. The molecular weight excluding hydrogens is 450 g/mol. The molecule has 0 fully saturated rings. The third-order valence-corrected chi connectivity index (χ3v) is 5.17. The second-order valence-electron chi connectivity index (χ2n) is 7.74. The van der Waals surface area contributed by atoms with Crippen LogP contribution in [0.25, 0.3) is 28.3 Å². The van der Waals surface area contributed by atoms with E-state index in [-0.39, 0.29) is 12.2 Å². The van der Waals surface area contributed by atoms with E-state index in [0.717, 1.165) is 17.5 Å². The van der Waals surface area contributed by atoms with Gasteiger partial charge in [0, 0.05) is 36.7 Å². The molecule has 176 valence electrons. The second kappa shape index (κ2) is 9.58. The van der Waals surface area contributed by atoms with Gasteiger partial charge >= 0.3 is 6.18 Å². The molecule has 4 aromatic rings. The molecule has 6 nitrogen and oxygen atoms in total. The summed E-state index contributed by atoms with van der Waals surface area (Å²) in [6.07, 6.45) is -1.50. The quantitative estimate of drug-likeness (QED) is 0.345. The predicted molar refractivity (Wildman–Crippen MR) is 120 cm³/mol. The summed E-state index contributed by atoms with van der Waals surface area (Å²) < 4.78 is 52.8. The zero-order valence-electron chi connectivity index (χ0n) is 18.2. The lowest BCUT2D eigenvalue weighted by Gasteiger charge is -2.08. The van der Waals surface area contributed by atoms with Crippen molar-refractivity contribution in [2.45, 2.75) is 32.4 Å². The third-order valence-electron chi connectivity index (χ3n) is 5.17. The van der Waals surface area contributed by atoms with Crippen molar-refractivity contribution >= 4 is 17.2 Å². The fourth-order valence-corrected chi connectivity index (χ4v) is 3.57. The number of halogens is 4. The Morgan fingerprint density at radius 2 is 1.91 bits per heavy atom. The standard InChI is InChI=1S/C24H21F4N5O/c1-2-29-23-19(25)13-31-22(32-23)17-7-9-33-20(14-30-21(33)12-17)16-5-3-4-15(10-16)11-18(34)6-8-24(26,27)28/h3-5,7,9-10,12-14H,2,6,8,11H2,1H3,(H,29,31,32). The summed E-state index contributed by atoms with van der Waals surface area (Å²) in [6, 6.07) is 10.6. The first-order chi connectivity index (χ1) is 16.2. The van der Waals surface area contributed by atoms with E-state index in [0.29, 0.717) is 29.1 Å². The molecule has 3 heterocycles. The molecule has 0 saturated heterocycles. The Bertz CT molecular complexity index is 1330. The maximum absolute atomic E-state index is 13.8. The maximum Gasteiger partial charge on any atom is 0.389 e. The molecule has 0 saturated carbocycles. The number of carbonyl (C=O) groups excluding carboxylic acids is 1. The number of fused-ring (bicyclic) bond motifs is 1. The van der Waals surface area contributed by atoms with Gasteiger partial charge in [0.1, 0.15) is 11.4 Å². The van der Waals surface area contributed by atoms with Crippen molar-refractivity contribution in [2.24, 2.45) is 0 Å². The summed E-state index contributed by atoms with van der Waals surface area (Å²) in [5, 5.41) is 2.86. The number of hydrogen-bond donors (Lipinski definition) is 1. The van der Waals surface area contributed by atoms with E-state index >= 15 is 0 Å². The predicted octanol–water partition coefficient (Wildman–Crippen LogP) is 5.48. The molecule has 0 bridgehead atoms. The Hall–Kier alpha value is -3.82. The molecule has 0 aliphatic carbocycles. The molecule has 0 atom stereocenters. The van der Waals surface area contributed by atoms with Crippen LogP contribution >= 0.6 is 0 Å². The summed E-state index contributed by atoms with van der Waals surface area (Å²) in [5.74, 6) is -0.526. The number of Topliss-reactive ketones (excluding diaryl/α,β-unsaturated/α-hetero) is 1. The zero-order valence-corrected chi connectivity index (χ0v) is 18.2. The molecule has 1 aromatic carbocycles. The first kappa shape index (κ1) is 23.3. The van der Waals surface area contributed by atoms with Crippen LogP contribution in [0.1, 0.15) is 25.3 Å². The molecule has 4 rings (SSSR count). The molecule has 0 aliphatic heterocycles. The number of nitrogens with zero attached hydrogens (tertiary/aromatic N) is 4. The van der Waals surface area contributed by atoms with Gasteiger partial charge in [0.25, 0.3) is 0 Å². The first-order valence-corrected chi connectivity index (χ1v) is 10.6. The number of alkyl halides is 3. The Morgan fingerprint density at radius 1 is 1.09 bits per heavy atom. The fourth-order valence-electron chi connectivity index (χ4n) is 3.57. The maximum atomic E-state index is 13.8. The SMILES string of the molecule is CCNc1nc(-c2ccn3c(-c4cccc(CC(=O)CCC(F)(F)F)c4)cnc3c2)ncc1F. The summed E-state index contributed by atoms with van der Waals surface area (Å²) >= 11 is 0. The minimum atomic E-state index is -4.35. The number of benzene rings is 1. The molecule has 0 amide bonds. The van der Waals surface area contributed by atoms with E-state index in [1.807, 2.05) is 17.4 Å². The van der Waals surface area contributed by atoms with Gasteiger partial charge in [-0.3, -0.25) is 9.20 Å². The van der Waals surface area contributed by atoms with Gasteiger partial charge < -0.3 is 5.32 Å². The Labute approximate surface area is 192 Å². The summed E-state index contributed by atoms with van der Waals surface area (Å²) in [7, 11) is 0. The highest BCUT2D eigenvalue weighted by Gasteiger charge is 2.27. The summed E-state index contributed by atoms with van der Waals surface area (Å²) in [6.45, 7) is 2.36. The fraction of sp³-hybridized carbons (Fsp3) is 0.250. The van der Waals surface area contributed by atoms with E-state index in [2.05, 4.69) is 20.3 Å². The smallest absolute Gasteiger partial charge is 0.368 e. The van der Waals surface area contributed by atoms with Crippen molar-refractivity contribution < 1.29 is 22.4 Å². The van der Waals surface area contributed by atoms with Gasteiger partial charge in [-0.1, -0.05) is 18.2 Å². The number of pyridine rings is 1. The molecular formula is C24H21F4N5O. The van der Waals surface area contributed by atoms with Crippen LogP contribution in [0.2, 0.25) is 0 Å². The van der Waals surface area contributed by atoms with Crippen LogP contribution in [0.15, 0.2) is 55.0 Å². The van der Waals surface area contributed by atoms with E-state index in [9.17, 15) is 22.4 Å². The van der Waals surface area contributed by atoms with Crippen molar-refractivity contribution in [1.29, 1.82) is 0 Å². The van der Waals surface area contributed by atoms with Crippen LogP contribution in [0.4, 0.5) is 23.4 Å². The molecule has 0 radical (unpaired) electrons. The molecule has 0 unspecified atom stereocenters. The van der Waals surface area contributed by atoms with E-state index < -0.39 is 30.6 Å². The van der Waals surface area contributed by atoms with Crippen molar-refractivity contribution in [1.82, 2.24) is 19.4 Å². The van der Waals surface area contributed by atoms with E-state index in [4.69, 9.17) is 0 Å². The first-order valence-electron chi connectivity index (χ1n) is 10.6. The zero-order chi connectivity index (χ0) is 24.3. The number of anilines is 1. The highest BCUT2D eigenvalue weighted by Crippen LogP contribution is 2.26. The Morgan fingerprint density at radius 3 is 2.68 bits per heavy atom. The second-order valence-corrected chi connectivity index (χ2v) is 7.74. The van der Waals surface area contributed by atoms with Crippen LogP contribution in [0.3, 0.4) is 0 Å². The number of carbonyl (C=O) groups is 1. The molecule has 0 aliphatic rings. The lowest BCUT2D eigenvalue weighted by Crippen LogP contribution is -2.12. The minimum absolute atomic E-state index is 0.0686. The summed E-state index contributed by atoms with van der Waals surface area (Å²) in [5.41, 5.74) is 3.42. The van der Waals surface area contributed by atoms with Crippen LogP contribution in [0, 0.1) is 5.82 Å². The third kappa shape index (κ3) is 5.38. The number of aromatic nitrogens is 4. The van der Waals surface area contributed by atoms with Crippen molar-refractivity contribution in [3.63, 3.8) is 0 Å². The average molecular weight is 471 g/mol. The lowest BCUT2D eigenvalue weighted by molar-refractivity contribution is -0.143. The highest BCUT2D eigenvalue weighted by molar-refractivity contribution is 5.81. The molecule has 10 heteroatoms. The van der Waals surface area contributed by atoms with Crippen LogP contribution in [0.5, 0.6) is 0 Å². The largest absolute Gasteiger partial charge is 0.389 e. The summed E-state index contributed by atoms with van der Waals surface area (Å²) in [4.78, 5) is 24.7. The van der Waals surface area contributed by atoms with Gasteiger partial charge in [-0.15, -0.1) is 0 Å². The number of hydrogen-bond acceptors (Lipinski definition) is 5. The van der Waals surface area contributed by atoms with Gasteiger partial charge in [-0.05, 0) is 30.7 Å². The van der Waals surface area contributed by atoms with Crippen LogP contribution < -0.4 is 5.32 Å². The van der Waals surface area contributed by atoms with Crippen molar-refractivity contribution in [3.05, 3.63) is 66.4 Å². The highest BCUT2D eigenvalue weighted by atomic mass is 19.4. The molecule has 3 aromatic heterocycles. The minimum Gasteiger partial charge on any atom is -0.368 e. The van der Waals surface area contributed by atoms with E-state index in [1.54, 1.807) is 42.7 Å². The van der Waals surface area contributed by atoms with Gasteiger partial charge in [-0.2, -0.15) is 13.2 Å². The van der Waals surface area contributed by atoms with Gasteiger partial charge in [0.05, 0.1) is 24.5 Å². The van der Waals surface area contributed by atoms with Crippen LogP contribution in [-0.4, -0.2) is 37.9 Å². The van der Waals surface area contributed by atoms with Crippen LogP contribution in [-0.2, 0) is 11.2 Å². The molecule has 0 spiro atoms. The lowest BCUT2D eigenvalue weighted by atomic mass is 10.0. The van der Waals surface area contributed by atoms with Crippen molar-refractivity contribution in [3.8, 4) is 22.6 Å². The van der Waals surface area contributed by atoms with Gasteiger partial charge in [-0.25, -0.2) is 19.3 Å². The Kier molecular flexibility index (Phi) is 6.58. The van der Waals surface area contributed by atoms with E-state index in [1.165, 1.54) is 0 Å². The van der Waals surface area contributed by atoms with Gasteiger partial charge in [0.2, 0.25) is 0 Å². The number of imidazole rings is 1.